The van der Waals surface area contributed by atoms with Crippen LogP contribution in [0.3, 0.4) is 0 Å². The summed E-state index contributed by atoms with van der Waals surface area (Å²) in [6.45, 7) is 10.2. The maximum absolute atomic E-state index is 12.4. The van der Waals surface area contributed by atoms with Gasteiger partial charge in [-0.05, 0) is 52.0 Å². The van der Waals surface area contributed by atoms with E-state index in [-0.39, 0.29) is 11.4 Å². The Hall–Kier alpha value is -3.73. The minimum atomic E-state index is -0.942. The number of rotatable bonds is 7. The zero-order chi connectivity index (χ0) is 24.8. The molecule has 0 unspecified atom stereocenters. The van der Waals surface area contributed by atoms with Gasteiger partial charge >= 0.3 is 12.1 Å². The Morgan fingerprint density at radius 2 is 1.76 bits per heavy atom. The summed E-state index contributed by atoms with van der Waals surface area (Å²) >= 11 is 1.25. The van der Waals surface area contributed by atoms with Crippen molar-refractivity contribution in [1.82, 2.24) is 15.6 Å². The van der Waals surface area contributed by atoms with Crippen molar-refractivity contribution in [2.24, 2.45) is 0 Å². The molecule has 2 rings (SSSR count). The number of amides is 3. The van der Waals surface area contributed by atoms with Crippen LogP contribution < -0.4 is 16.0 Å². The van der Waals surface area contributed by atoms with Gasteiger partial charge in [-0.2, -0.15) is 0 Å². The lowest BCUT2D eigenvalue weighted by Gasteiger charge is -2.19. The Bertz CT molecular complexity index is 1060. The van der Waals surface area contributed by atoms with E-state index in [1.54, 1.807) is 50.4 Å². The van der Waals surface area contributed by atoms with E-state index in [4.69, 9.17) is 4.74 Å². The van der Waals surface area contributed by atoms with E-state index < -0.39 is 35.5 Å². The molecular formula is C22H26N4O6S. The van der Waals surface area contributed by atoms with E-state index in [2.05, 4.69) is 32.3 Å². The summed E-state index contributed by atoms with van der Waals surface area (Å²) in [7, 11) is 1.16. The Morgan fingerprint density at radius 3 is 2.33 bits per heavy atom. The number of anilines is 1. The summed E-state index contributed by atoms with van der Waals surface area (Å²) in [5.74, 6) is -1.95. The summed E-state index contributed by atoms with van der Waals surface area (Å²) in [5.41, 5.74) is 0.599. The third-order valence-corrected chi connectivity index (χ3v) is 4.85. The fourth-order valence-corrected chi connectivity index (χ4v) is 3.20. The van der Waals surface area contributed by atoms with E-state index in [1.165, 1.54) is 18.3 Å². The molecule has 1 heterocycles. The number of benzene rings is 1. The number of hydrogen-bond donors (Lipinski definition) is 3. The van der Waals surface area contributed by atoms with Crippen molar-refractivity contribution in [3.8, 4) is 10.6 Å². The molecule has 10 nitrogen and oxygen atoms in total. The molecule has 0 aliphatic carbocycles. The lowest BCUT2D eigenvalue weighted by Crippen LogP contribution is -2.45. The molecule has 33 heavy (non-hydrogen) atoms. The lowest BCUT2D eigenvalue weighted by atomic mass is 10.2. The molecule has 11 heteroatoms. The minimum Gasteiger partial charge on any atom is -0.464 e. The zero-order valence-corrected chi connectivity index (χ0v) is 19.8. The van der Waals surface area contributed by atoms with Crippen molar-refractivity contribution in [2.75, 3.05) is 12.4 Å². The number of carbonyl (C=O) groups excluding carboxylic acids is 4. The largest absolute Gasteiger partial charge is 0.464 e. The Balaban J connectivity index is 1.97. The van der Waals surface area contributed by atoms with E-state index in [0.29, 0.717) is 10.7 Å². The second kappa shape index (κ2) is 10.7. The van der Waals surface area contributed by atoms with Gasteiger partial charge in [0.1, 0.15) is 28.0 Å². The molecule has 1 aromatic carbocycles. The minimum absolute atomic E-state index is 0.136. The van der Waals surface area contributed by atoms with Gasteiger partial charge in [0.25, 0.3) is 5.91 Å². The summed E-state index contributed by atoms with van der Waals surface area (Å²) in [6.07, 6.45) is -0.559. The van der Waals surface area contributed by atoms with Gasteiger partial charge in [0, 0.05) is 16.6 Å². The predicted molar refractivity (Wildman–Crippen MR) is 124 cm³/mol. The van der Waals surface area contributed by atoms with Crippen LogP contribution in [-0.2, 0) is 19.1 Å². The van der Waals surface area contributed by atoms with Gasteiger partial charge in [-0.3, -0.25) is 14.9 Å². The Labute approximate surface area is 195 Å². The highest BCUT2D eigenvalue weighted by atomic mass is 32.1. The number of nitrogens with zero attached hydrogens (tertiary/aromatic N) is 1. The fourth-order valence-electron chi connectivity index (χ4n) is 2.40. The van der Waals surface area contributed by atoms with E-state index in [0.717, 1.165) is 12.7 Å². The summed E-state index contributed by atoms with van der Waals surface area (Å²) in [6, 6.07) is 5.95. The van der Waals surface area contributed by atoms with Gasteiger partial charge < -0.3 is 20.1 Å². The summed E-state index contributed by atoms with van der Waals surface area (Å²) < 4.78 is 9.67. The highest BCUT2D eigenvalue weighted by Gasteiger charge is 2.21. The molecule has 0 bridgehead atoms. The van der Waals surface area contributed by atoms with E-state index in [1.807, 2.05) is 0 Å². The second-order valence-corrected chi connectivity index (χ2v) is 8.75. The van der Waals surface area contributed by atoms with Gasteiger partial charge in [-0.15, -0.1) is 11.3 Å². The maximum atomic E-state index is 12.4. The van der Waals surface area contributed by atoms with Gasteiger partial charge in [0.15, 0.2) is 0 Å². The molecule has 1 atom stereocenters. The molecule has 3 N–H and O–H groups in total. The molecule has 176 valence electrons. The van der Waals surface area contributed by atoms with Gasteiger partial charge in [0.05, 0.1) is 7.11 Å². The number of ether oxygens (including phenoxy) is 2. The number of methoxy groups -OCH3 is 1. The van der Waals surface area contributed by atoms with Crippen molar-refractivity contribution < 1.29 is 28.7 Å². The SMILES string of the molecule is C=C(NC(=O)[C@H](C)NC(=O)c1csc(-c2ccc(NC(=O)OC(C)(C)C)cc2)n1)C(=O)OC. The predicted octanol–water partition coefficient (Wildman–Crippen LogP) is 3.08. The average molecular weight is 475 g/mol. The smallest absolute Gasteiger partial charge is 0.412 e. The molecule has 0 saturated heterocycles. The van der Waals surface area contributed by atoms with Crippen molar-refractivity contribution in [3.05, 3.63) is 47.6 Å². The van der Waals surface area contributed by atoms with Crippen LogP contribution in [0.1, 0.15) is 38.2 Å². The van der Waals surface area contributed by atoms with Crippen LogP contribution in [0.15, 0.2) is 41.9 Å². The third-order valence-electron chi connectivity index (χ3n) is 3.96. The van der Waals surface area contributed by atoms with Crippen molar-refractivity contribution in [2.45, 2.75) is 39.3 Å². The van der Waals surface area contributed by atoms with Crippen LogP contribution in [-0.4, -0.2) is 47.6 Å². The highest BCUT2D eigenvalue weighted by molar-refractivity contribution is 7.13. The number of thiazole rings is 1. The fraction of sp³-hybridized carbons (Fsp3) is 0.318. The monoisotopic (exact) mass is 474 g/mol. The molecule has 3 amide bonds. The van der Waals surface area contributed by atoms with Crippen molar-refractivity contribution in [3.63, 3.8) is 0 Å². The molecule has 0 radical (unpaired) electrons. The first-order valence-corrected chi connectivity index (χ1v) is 10.7. The molecule has 0 aliphatic rings. The summed E-state index contributed by atoms with van der Waals surface area (Å²) in [5, 5.41) is 9.57. The lowest BCUT2D eigenvalue weighted by molar-refractivity contribution is -0.137. The van der Waals surface area contributed by atoms with Crippen LogP contribution in [0.2, 0.25) is 0 Å². The number of hydrogen-bond acceptors (Lipinski definition) is 8. The standard InChI is InChI=1S/C22H26N4O6S/c1-12(17(27)24-13(2)20(29)31-6)23-18(28)16-11-33-19(26-16)14-7-9-15(10-8-14)25-21(30)32-22(3,4)5/h7-12H,2H2,1,3-6H3,(H,23,28)(H,24,27)(H,25,30)/t12-/m0/s1. The first kappa shape index (κ1) is 25.5. The molecule has 0 fully saturated rings. The molecule has 0 saturated carbocycles. The molecule has 1 aromatic heterocycles. The van der Waals surface area contributed by atoms with Gasteiger partial charge in [-0.1, -0.05) is 6.58 Å². The molecule has 0 spiro atoms. The summed E-state index contributed by atoms with van der Waals surface area (Å²) in [4.78, 5) is 52.0. The van der Waals surface area contributed by atoms with E-state index >= 15 is 0 Å². The third kappa shape index (κ3) is 7.72. The first-order valence-electron chi connectivity index (χ1n) is 9.84. The topological polar surface area (TPSA) is 136 Å². The van der Waals surface area contributed by atoms with Crippen LogP contribution in [0.4, 0.5) is 10.5 Å². The Morgan fingerprint density at radius 1 is 1.12 bits per heavy atom. The van der Waals surface area contributed by atoms with Gasteiger partial charge in [0.2, 0.25) is 5.91 Å². The van der Waals surface area contributed by atoms with Crippen LogP contribution >= 0.6 is 11.3 Å². The Kier molecular flexibility index (Phi) is 8.30. The number of nitrogens with one attached hydrogen (secondary N) is 3. The van der Waals surface area contributed by atoms with Crippen LogP contribution in [0, 0.1) is 0 Å². The van der Waals surface area contributed by atoms with Crippen LogP contribution in [0.25, 0.3) is 10.6 Å². The van der Waals surface area contributed by atoms with Crippen LogP contribution in [0.5, 0.6) is 0 Å². The average Bonchev–Trinajstić information content (AvgIpc) is 3.22. The number of aromatic nitrogens is 1. The highest BCUT2D eigenvalue weighted by Crippen LogP contribution is 2.25. The molecule has 0 aliphatic heterocycles. The van der Waals surface area contributed by atoms with E-state index in [9.17, 15) is 19.2 Å². The molecular weight excluding hydrogens is 448 g/mol. The van der Waals surface area contributed by atoms with Gasteiger partial charge in [-0.25, -0.2) is 14.6 Å². The normalized spacial score (nSPS) is 11.7. The quantitative estimate of drug-likeness (QED) is 0.414. The second-order valence-electron chi connectivity index (χ2n) is 7.90. The maximum Gasteiger partial charge on any atom is 0.412 e. The van der Waals surface area contributed by atoms with Crippen molar-refractivity contribution >= 4 is 40.9 Å². The zero-order valence-electron chi connectivity index (χ0n) is 19.0. The molecule has 2 aromatic rings. The number of carbonyl (C=O) groups is 4. The first-order chi connectivity index (χ1) is 15.4. The van der Waals surface area contributed by atoms with Crippen molar-refractivity contribution in [1.29, 1.82) is 0 Å². The number of esters is 1.